The van der Waals surface area contributed by atoms with E-state index in [9.17, 15) is 10.1 Å². The van der Waals surface area contributed by atoms with Crippen molar-refractivity contribution in [1.82, 2.24) is 10.3 Å². The van der Waals surface area contributed by atoms with Gasteiger partial charge in [0.25, 0.3) is 0 Å². The van der Waals surface area contributed by atoms with E-state index in [2.05, 4.69) is 20.3 Å². The highest BCUT2D eigenvalue weighted by molar-refractivity contribution is 5.93. The van der Waals surface area contributed by atoms with Crippen LogP contribution in [0.3, 0.4) is 0 Å². The fourth-order valence-electron chi connectivity index (χ4n) is 1.60. The molecule has 9 heteroatoms. The molecule has 0 radical (unpaired) electrons. The molecular formula is C10H12N4O5. The van der Waals surface area contributed by atoms with Crippen LogP contribution in [-0.2, 0) is 9.47 Å². The van der Waals surface area contributed by atoms with Gasteiger partial charge in [0.1, 0.15) is 0 Å². The van der Waals surface area contributed by atoms with E-state index in [1.165, 1.54) is 26.4 Å². The first-order valence-corrected chi connectivity index (χ1v) is 5.36. The molecule has 102 valence electrons. The Morgan fingerprint density at radius 3 is 2.68 bits per heavy atom. The normalized spacial score (nSPS) is 11.1. The zero-order chi connectivity index (χ0) is 13.8. The molecule has 0 spiro atoms. The minimum atomic E-state index is -0.538. The van der Waals surface area contributed by atoms with Crippen molar-refractivity contribution in [3.63, 3.8) is 0 Å². The number of fused-ring (bicyclic) bond motifs is 1. The fourth-order valence-corrected chi connectivity index (χ4v) is 1.60. The van der Waals surface area contributed by atoms with Crippen molar-refractivity contribution in [1.29, 1.82) is 0 Å². The summed E-state index contributed by atoms with van der Waals surface area (Å²) in [6.07, 6.45) is -0.440. The van der Waals surface area contributed by atoms with Crippen LogP contribution in [-0.4, -0.2) is 42.3 Å². The Balaban J connectivity index is 2.28. The maximum atomic E-state index is 10.8. The molecule has 0 unspecified atom stereocenters. The summed E-state index contributed by atoms with van der Waals surface area (Å²) in [5.74, 6) is 0. The summed E-state index contributed by atoms with van der Waals surface area (Å²) in [5.41, 5.74) is 0.791. The average Bonchev–Trinajstić information content (AvgIpc) is 2.88. The Hall–Kier alpha value is -2.26. The summed E-state index contributed by atoms with van der Waals surface area (Å²) in [6, 6.07) is 2.87. The monoisotopic (exact) mass is 268 g/mol. The summed E-state index contributed by atoms with van der Waals surface area (Å²) in [7, 11) is 3.03. The predicted octanol–water partition coefficient (Wildman–Crippen LogP) is 1.16. The Kier molecular flexibility index (Phi) is 3.88. The number of nitrogens with one attached hydrogen (secondary N) is 1. The number of methoxy groups -OCH3 is 2. The summed E-state index contributed by atoms with van der Waals surface area (Å²) >= 11 is 0. The van der Waals surface area contributed by atoms with E-state index in [4.69, 9.17) is 9.47 Å². The van der Waals surface area contributed by atoms with Gasteiger partial charge in [-0.15, -0.1) is 0 Å². The lowest BCUT2D eigenvalue weighted by molar-refractivity contribution is -0.383. The SMILES string of the molecule is COC(CNc1ccc([N+](=O)[O-])c2nonc12)OC. The number of aromatic nitrogens is 2. The van der Waals surface area contributed by atoms with Crippen LogP contribution in [0.5, 0.6) is 0 Å². The topological polar surface area (TPSA) is 113 Å². The zero-order valence-corrected chi connectivity index (χ0v) is 10.3. The zero-order valence-electron chi connectivity index (χ0n) is 10.3. The van der Waals surface area contributed by atoms with Gasteiger partial charge >= 0.3 is 5.69 Å². The maximum Gasteiger partial charge on any atom is 0.300 e. The molecule has 9 nitrogen and oxygen atoms in total. The summed E-state index contributed by atoms with van der Waals surface area (Å²) in [6.45, 7) is 0.354. The molecule has 0 saturated carbocycles. The molecule has 0 saturated heterocycles. The van der Waals surface area contributed by atoms with Crippen molar-refractivity contribution >= 4 is 22.4 Å². The van der Waals surface area contributed by atoms with Gasteiger partial charge in [0.05, 0.1) is 17.2 Å². The number of rotatable bonds is 6. The van der Waals surface area contributed by atoms with Gasteiger partial charge in [-0.25, -0.2) is 4.63 Å². The van der Waals surface area contributed by atoms with E-state index in [0.29, 0.717) is 17.7 Å². The largest absolute Gasteiger partial charge is 0.378 e. The molecule has 0 aliphatic rings. The van der Waals surface area contributed by atoms with Crippen LogP contribution in [0, 0.1) is 10.1 Å². The fraction of sp³-hybridized carbons (Fsp3) is 0.400. The molecule has 0 atom stereocenters. The first-order chi connectivity index (χ1) is 9.17. The first-order valence-electron chi connectivity index (χ1n) is 5.36. The molecular weight excluding hydrogens is 256 g/mol. The van der Waals surface area contributed by atoms with Crippen LogP contribution in [0.4, 0.5) is 11.4 Å². The van der Waals surface area contributed by atoms with Gasteiger partial charge in [0.2, 0.25) is 5.52 Å². The molecule has 2 aromatic rings. The van der Waals surface area contributed by atoms with E-state index in [1.807, 2.05) is 0 Å². The lowest BCUT2D eigenvalue weighted by Gasteiger charge is -2.14. The van der Waals surface area contributed by atoms with E-state index in [-0.39, 0.29) is 11.2 Å². The molecule has 0 amide bonds. The number of benzene rings is 1. The number of anilines is 1. The third kappa shape index (κ3) is 2.61. The highest BCUT2D eigenvalue weighted by Crippen LogP contribution is 2.28. The number of non-ortho nitro benzene ring substituents is 1. The van der Waals surface area contributed by atoms with Crippen LogP contribution in [0.1, 0.15) is 0 Å². The van der Waals surface area contributed by atoms with Gasteiger partial charge in [0, 0.05) is 20.3 Å². The molecule has 19 heavy (non-hydrogen) atoms. The van der Waals surface area contributed by atoms with E-state index in [0.717, 1.165) is 0 Å². The molecule has 0 aliphatic heterocycles. The van der Waals surface area contributed by atoms with Crippen molar-refractivity contribution in [2.45, 2.75) is 6.29 Å². The number of nitro benzene ring substituents is 1. The van der Waals surface area contributed by atoms with Gasteiger partial charge in [-0.3, -0.25) is 10.1 Å². The van der Waals surface area contributed by atoms with Gasteiger partial charge < -0.3 is 14.8 Å². The summed E-state index contributed by atoms with van der Waals surface area (Å²) in [5, 5.41) is 21.0. The van der Waals surface area contributed by atoms with Gasteiger partial charge in [-0.05, 0) is 16.4 Å². The van der Waals surface area contributed by atoms with Crippen molar-refractivity contribution in [2.24, 2.45) is 0 Å². The Bertz CT molecular complexity index is 580. The smallest absolute Gasteiger partial charge is 0.300 e. The van der Waals surface area contributed by atoms with Crippen molar-refractivity contribution in [3.8, 4) is 0 Å². The van der Waals surface area contributed by atoms with Crippen LogP contribution in [0.15, 0.2) is 16.8 Å². The van der Waals surface area contributed by atoms with Crippen molar-refractivity contribution in [2.75, 3.05) is 26.1 Å². The minimum Gasteiger partial charge on any atom is -0.378 e. The highest BCUT2D eigenvalue weighted by Gasteiger charge is 2.19. The van der Waals surface area contributed by atoms with Crippen LogP contribution in [0.2, 0.25) is 0 Å². The highest BCUT2D eigenvalue weighted by atomic mass is 16.7. The number of hydrogen-bond donors (Lipinski definition) is 1. The molecule has 1 aromatic carbocycles. The third-order valence-corrected chi connectivity index (χ3v) is 2.58. The quantitative estimate of drug-likeness (QED) is 0.471. The average molecular weight is 268 g/mol. The second-order valence-electron chi connectivity index (χ2n) is 3.63. The van der Waals surface area contributed by atoms with E-state index in [1.54, 1.807) is 0 Å². The van der Waals surface area contributed by atoms with Gasteiger partial charge in [-0.2, -0.15) is 0 Å². The summed E-state index contributed by atoms with van der Waals surface area (Å²) in [4.78, 5) is 10.3. The second-order valence-corrected chi connectivity index (χ2v) is 3.63. The van der Waals surface area contributed by atoms with Crippen molar-refractivity contribution < 1.29 is 19.0 Å². The van der Waals surface area contributed by atoms with Crippen LogP contribution < -0.4 is 5.32 Å². The molecule has 1 N–H and O–H groups in total. The van der Waals surface area contributed by atoms with Crippen molar-refractivity contribution in [3.05, 3.63) is 22.2 Å². The Morgan fingerprint density at radius 1 is 1.37 bits per heavy atom. The van der Waals surface area contributed by atoms with Gasteiger partial charge in [0.15, 0.2) is 11.8 Å². The summed E-state index contributed by atoms with van der Waals surface area (Å²) < 4.78 is 14.6. The lowest BCUT2D eigenvalue weighted by Crippen LogP contribution is -2.23. The molecule has 1 aromatic heterocycles. The first kappa shape index (κ1) is 13.2. The number of ether oxygens (including phenoxy) is 2. The molecule has 0 fully saturated rings. The third-order valence-electron chi connectivity index (χ3n) is 2.58. The number of nitro groups is 1. The molecule has 0 bridgehead atoms. The predicted molar refractivity (Wildman–Crippen MR) is 64.8 cm³/mol. The van der Waals surface area contributed by atoms with E-state index < -0.39 is 11.2 Å². The molecule has 0 aliphatic carbocycles. The van der Waals surface area contributed by atoms with Crippen LogP contribution in [0.25, 0.3) is 11.0 Å². The molecule has 2 rings (SSSR count). The number of hydrogen-bond acceptors (Lipinski definition) is 8. The van der Waals surface area contributed by atoms with E-state index >= 15 is 0 Å². The maximum absolute atomic E-state index is 10.8. The number of nitrogens with zero attached hydrogens (tertiary/aromatic N) is 3. The second kappa shape index (κ2) is 5.59. The van der Waals surface area contributed by atoms with Gasteiger partial charge in [-0.1, -0.05) is 0 Å². The standard InChI is InChI=1S/C10H12N4O5/c1-17-8(18-2)5-11-6-3-4-7(14(15)16)10-9(6)12-19-13-10/h3-4,8,11H,5H2,1-2H3. The minimum absolute atomic E-state index is 0.0985. The lowest BCUT2D eigenvalue weighted by atomic mass is 10.2. The Labute approximate surface area is 107 Å². The Morgan fingerprint density at radius 2 is 2.05 bits per heavy atom. The molecule has 1 heterocycles. The van der Waals surface area contributed by atoms with Crippen LogP contribution >= 0.6 is 0 Å².